The number of para-hydroxylation sites is 1. The number of likely N-dealkylation sites (N-methyl/N-ethyl adjacent to an activating group) is 1. The number of carbonyl (C=O) groups is 2. The van der Waals surface area contributed by atoms with Crippen LogP contribution in [0.2, 0.25) is 5.02 Å². The van der Waals surface area contributed by atoms with E-state index in [1.165, 1.54) is 11.9 Å². The van der Waals surface area contributed by atoms with Gasteiger partial charge in [-0.2, -0.15) is 0 Å². The third kappa shape index (κ3) is 3.55. The zero-order valence-electron chi connectivity index (χ0n) is 12.5. The van der Waals surface area contributed by atoms with Crippen molar-refractivity contribution >= 4 is 46.7 Å². The number of benzene rings is 1. The fourth-order valence-electron chi connectivity index (χ4n) is 2.04. The highest BCUT2D eigenvalue weighted by Crippen LogP contribution is 2.29. The predicted molar refractivity (Wildman–Crippen MR) is 92.2 cm³/mol. The Balaban J connectivity index is 2.45. The highest BCUT2D eigenvalue weighted by Gasteiger charge is 2.42. The minimum atomic E-state index is -0.530. The molecule has 122 valence electrons. The van der Waals surface area contributed by atoms with E-state index in [1.54, 1.807) is 30.3 Å². The lowest BCUT2D eigenvalue weighted by Crippen LogP contribution is -2.36. The number of amides is 3. The number of aliphatic imine (C=N–C) groups is 1. The first kappa shape index (κ1) is 17.5. The van der Waals surface area contributed by atoms with E-state index in [4.69, 9.17) is 23.2 Å². The lowest BCUT2D eigenvalue weighted by atomic mass is 10.3. The van der Waals surface area contributed by atoms with Gasteiger partial charge in [-0.3, -0.25) is 15.0 Å². The zero-order valence-corrected chi connectivity index (χ0v) is 14.0. The van der Waals surface area contributed by atoms with E-state index in [9.17, 15) is 9.59 Å². The summed E-state index contributed by atoms with van der Waals surface area (Å²) < 4.78 is 0. The molecular formula is C15H16Cl2N4O2. The van der Waals surface area contributed by atoms with Gasteiger partial charge in [0, 0.05) is 13.6 Å². The lowest BCUT2D eigenvalue weighted by Gasteiger charge is -2.18. The number of nitrogens with zero attached hydrogens (tertiary/aromatic N) is 3. The average Bonchev–Trinajstić information content (AvgIpc) is 2.76. The molecule has 0 aliphatic carbocycles. The first-order chi connectivity index (χ1) is 11.0. The maximum absolute atomic E-state index is 12.4. The molecule has 1 heterocycles. The summed E-state index contributed by atoms with van der Waals surface area (Å²) in [6, 6.07) is 6.24. The van der Waals surface area contributed by atoms with Gasteiger partial charge in [-0.15, -0.1) is 18.2 Å². The molecular weight excluding hydrogens is 339 g/mol. The van der Waals surface area contributed by atoms with Crippen LogP contribution < -0.4 is 10.2 Å². The summed E-state index contributed by atoms with van der Waals surface area (Å²) in [6.07, 6.45) is 1.12. The normalized spacial score (nSPS) is 18.0. The van der Waals surface area contributed by atoms with Crippen LogP contribution in [0.5, 0.6) is 0 Å². The minimum Gasteiger partial charge on any atom is -0.291 e. The van der Waals surface area contributed by atoms with Gasteiger partial charge in [0.1, 0.15) is 6.17 Å². The number of urea groups is 1. The van der Waals surface area contributed by atoms with Crippen molar-refractivity contribution in [3.63, 3.8) is 0 Å². The molecule has 0 bridgehead atoms. The van der Waals surface area contributed by atoms with E-state index in [-0.39, 0.29) is 11.7 Å². The predicted octanol–water partition coefficient (Wildman–Crippen LogP) is 2.48. The van der Waals surface area contributed by atoms with Crippen LogP contribution in [0, 0.1) is 0 Å². The Morgan fingerprint density at radius 3 is 2.70 bits per heavy atom. The van der Waals surface area contributed by atoms with Crippen molar-refractivity contribution in [1.82, 2.24) is 10.2 Å². The van der Waals surface area contributed by atoms with Crippen LogP contribution in [-0.4, -0.2) is 48.3 Å². The Morgan fingerprint density at radius 2 is 2.09 bits per heavy atom. The molecule has 6 nitrogen and oxygen atoms in total. The molecule has 0 radical (unpaired) electrons. The largest absolute Gasteiger partial charge is 0.337 e. The van der Waals surface area contributed by atoms with Crippen LogP contribution >= 0.6 is 23.2 Å². The van der Waals surface area contributed by atoms with Crippen molar-refractivity contribution in [2.45, 2.75) is 6.17 Å². The number of hydrogen-bond acceptors (Lipinski definition) is 4. The molecule has 23 heavy (non-hydrogen) atoms. The van der Waals surface area contributed by atoms with Gasteiger partial charge in [0.2, 0.25) is 5.84 Å². The summed E-state index contributed by atoms with van der Waals surface area (Å²) in [6.45, 7) is 4.07. The first-order valence-electron chi connectivity index (χ1n) is 6.86. The van der Waals surface area contributed by atoms with Gasteiger partial charge in [0.05, 0.1) is 16.6 Å². The number of imide groups is 1. The first-order valence-corrected chi connectivity index (χ1v) is 7.77. The highest BCUT2D eigenvalue weighted by atomic mass is 35.5. The second kappa shape index (κ2) is 7.59. The Morgan fingerprint density at radius 1 is 1.39 bits per heavy atom. The van der Waals surface area contributed by atoms with Crippen molar-refractivity contribution in [2.24, 2.45) is 4.99 Å². The summed E-state index contributed by atoms with van der Waals surface area (Å²) in [7, 11) is 1.39. The van der Waals surface area contributed by atoms with Gasteiger partial charge >= 0.3 is 6.03 Å². The SMILES string of the molecule is C=CCNC(CCl)/N=C1\C(=O)N(C)C(=O)N1c1ccccc1Cl. The van der Waals surface area contributed by atoms with E-state index in [0.717, 1.165) is 4.90 Å². The molecule has 2 rings (SSSR count). The number of carbonyl (C=O) groups excluding carboxylic acids is 2. The fourth-order valence-corrected chi connectivity index (χ4v) is 2.44. The van der Waals surface area contributed by atoms with Crippen LogP contribution in [0.1, 0.15) is 0 Å². The molecule has 1 aliphatic rings. The highest BCUT2D eigenvalue weighted by molar-refractivity contribution is 6.55. The van der Waals surface area contributed by atoms with Crippen molar-refractivity contribution in [2.75, 3.05) is 24.4 Å². The van der Waals surface area contributed by atoms with Crippen LogP contribution in [0.4, 0.5) is 10.5 Å². The zero-order chi connectivity index (χ0) is 17.0. The van der Waals surface area contributed by atoms with Gasteiger partial charge in [-0.25, -0.2) is 14.7 Å². The Kier molecular flexibility index (Phi) is 5.76. The third-order valence-corrected chi connectivity index (χ3v) is 3.81. The van der Waals surface area contributed by atoms with Crippen molar-refractivity contribution in [1.29, 1.82) is 0 Å². The standard InChI is InChI=1S/C15H16Cl2N4O2/c1-3-8-18-12(9-16)19-13-14(22)20(2)15(23)21(13)11-7-5-4-6-10(11)17/h3-7,12,18H,1,8-9H2,2H3/b19-13+. The Bertz CT molecular complexity index is 663. The van der Waals surface area contributed by atoms with E-state index >= 15 is 0 Å². The van der Waals surface area contributed by atoms with Gasteiger partial charge in [-0.05, 0) is 12.1 Å². The summed E-state index contributed by atoms with van der Waals surface area (Å²) in [4.78, 5) is 31.2. The molecule has 1 unspecified atom stereocenters. The van der Waals surface area contributed by atoms with E-state index < -0.39 is 18.1 Å². The second-order valence-electron chi connectivity index (χ2n) is 4.75. The quantitative estimate of drug-likeness (QED) is 0.484. The molecule has 0 spiro atoms. The number of halogens is 2. The number of amidine groups is 1. The van der Waals surface area contributed by atoms with Crippen LogP contribution in [0.3, 0.4) is 0 Å². The Hall–Kier alpha value is -1.89. The van der Waals surface area contributed by atoms with E-state index in [0.29, 0.717) is 17.3 Å². The number of anilines is 1. The average molecular weight is 355 g/mol. The molecule has 1 N–H and O–H groups in total. The third-order valence-electron chi connectivity index (χ3n) is 3.20. The molecule has 1 aromatic carbocycles. The summed E-state index contributed by atoms with van der Waals surface area (Å²) >= 11 is 12.0. The van der Waals surface area contributed by atoms with Crippen LogP contribution in [0.25, 0.3) is 0 Å². The Labute approximate surface area is 144 Å². The van der Waals surface area contributed by atoms with Crippen LogP contribution in [-0.2, 0) is 4.79 Å². The number of hydrogen-bond donors (Lipinski definition) is 1. The molecule has 1 atom stereocenters. The van der Waals surface area contributed by atoms with E-state index in [1.807, 2.05) is 0 Å². The maximum atomic E-state index is 12.4. The molecule has 1 saturated heterocycles. The molecule has 0 saturated carbocycles. The number of nitrogens with one attached hydrogen (secondary N) is 1. The van der Waals surface area contributed by atoms with Crippen molar-refractivity contribution in [3.8, 4) is 0 Å². The second-order valence-corrected chi connectivity index (χ2v) is 5.47. The van der Waals surface area contributed by atoms with E-state index in [2.05, 4.69) is 16.9 Å². The monoisotopic (exact) mass is 354 g/mol. The fraction of sp³-hybridized carbons (Fsp3) is 0.267. The summed E-state index contributed by atoms with van der Waals surface area (Å²) in [5, 5.41) is 3.35. The van der Waals surface area contributed by atoms with Crippen molar-refractivity contribution < 1.29 is 9.59 Å². The molecule has 1 fully saturated rings. The van der Waals surface area contributed by atoms with Gasteiger partial charge in [-0.1, -0.05) is 29.8 Å². The number of alkyl halides is 1. The van der Waals surface area contributed by atoms with Gasteiger partial charge in [0.25, 0.3) is 5.91 Å². The molecule has 3 amide bonds. The van der Waals surface area contributed by atoms with Crippen molar-refractivity contribution in [3.05, 3.63) is 41.9 Å². The number of rotatable bonds is 6. The molecule has 1 aromatic rings. The summed E-state index contributed by atoms with van der Waals surface area (Å²) in [5.74, 6) is -0.392. The van der Waals surface area contributed by atoms with Gasteiger partial charge in [0.15, 0.2) is 0 Å². The molecule has 0 aromatic heterocycles. The maximum Gasteiger partial charge on any atom is 0.337 e. The summed E-state index contributed by atoms with van der Waals surface area (Å²) in [5.41, 5.74) is 0.396. The molecule has 8 heteroatoms. The van der Waals surface area contributed by atoms with Crippen LogP contribution in [0.15, 0.2) is 41.9 Å². The topological polar surface area (TPSA) is 65.0 Å². The molecule has 1 aliphatic heterocycles. The smallest absolute Gasteiger partial charge is 0.291 e. The lowest BCUT2D eigenvalue weighted by molar-refractivity contribution is -0.119. The minimum absolute atomic E-state index is 0.0205. The van der Waals surface area contributed by atoms with Gasteiger partial charge < -0.3 is 0 Å².